The van der Waals surface area contributed by atoms with E-state index in [0.29, 0.717) is 10.8 Å². The topological polar surface area (TPSA) is 24.4 Å². The van der Waals surface area contributed by atoms with Crippen molar-refractivity contribution in [3.8, 4) is 0 Å². The van der Waals surface area contributed by atoms with Gasteiger partial charge in [0.2, 0.25) is 0 Å². The Balaban J connectivity index is 1.87. The third-order valence-corrected chi connectivity index (χ3v) is 4.45. The summed E-state index contributed by atoms with van der Waals surface area (Å²) in [7, 11) is 0. The van der Waals surface area contributed by atoms with E-state index in [1.54, 1.807) is 0 Å². The Morgan fingerprint density at radius 2 is 2.31 bits per heavy atom. The number of nitrogens with one attached hydrogen (secondary N) is 1. The van der Waals surface area contributed by atoms with Crippen molar-refractivity contribution in [2.24, 2.45) is 4.99 Å². The highest BCUT2D eigenvalue weighted by molar-refractivity contribution is 8.02. The van der Waals surface area contributed by atoms with Crippen LogP contribution < -0.4 is 5.32 Å². The normalized spacial score (nSPS) is 31.8. The van der Waals surface area contributed by atoms with Gasteiger partial charge in [-0.1, -0.05) is 0 Å². The minimum atomic E-state index is 0.417. The van der Waals surface area contributed by atoms with Crippen LogP contribution in [0.4, 0.5) is 0 Å². The van der Waals surface area contributed by atoms with Crippen LogP contribution in [0.25, 0.3) is 0 Å². The van der Waals surface area contributed by atoms with Crippen molar-refractivity contribution in [2.45, 2.75) is 43.9 Å². The van der Waals surface area contributed by atoms with Gasteiger partial charge in [-0.3, -0.25) is 4.99 Å². The molecule has 0 aromatic heterocycles. The lowest BCUT2D eigenvalue weighted by molar-refractivity contribution is 0.492. The Hall–Kier alpha value is -0.180. The number of amidine groups is 1. The second kappa shape index (κ2) is 3.52. The van der Waals surface area contributed by atoms with E-state index in [1.165, 1.54) is 24.4 Å². The Morgan fingerprint density at radius 1 is 1.46 bits per heavy atom. The highest BCUT2D eigenvalue weighted by Crippen LogP contribution is 2.39. The quantitative estimate of drug-likeness (QED) is 0.697. The molecule has 0 radical (unpaired) electrons. The maximum atomic E-state index is 4.51. The van der Waals surface area contributed by atoms with Crippen molar-refractivity contribution in [1.29, 1.82) is 0 Å². The average molecular weight is 198 g/mol. The molecule has 2 nitrogen and oxygen atoms in total. The first kappa shape index (κ1) is 9.38. The summed E-state index contributed by atoms with van der Waals surface area (Å²) in [5.41, 5.74) is 0. The molecular weight excluding hydrogens is 180 g/mol. The Morgan fingerprint density at radius 3 is 2.77 bits per heavy atom. The van der Waals surface area contributed by atoms with Crippen molar-refractivity contribution in [3.63, 3.8) is 0 Å². The Kier molecular flexibility index (Phi) is 2.54. The minimum Gasteiger partial charge on any atom is -0.369 e. The van der Waals surface area contributed by atoms with E-state index in [-0.39, 0.29) is 0 Å². The van der Waals surface area contributed by atoms with Crippen molar-refractivity contribution in [1.82, 2.24) is 5.32 Å². The Labute approximate surface area is 84.6 Å². The summed E-state index contributed by atoms with van der Waals surface area (Å²) in [5, 5.41) is 3.57. The fourth-order valence-corrected chi connectivity index (χ4v) is 2.87. The summed E-state index contributed by atoms with van der Waals surface area (Å²) in [5.74, 6) is 2.50. The molecule has 0 aromatic rings. The minimum absolute atomic E-state index is 0.417. The predicted molar refractivity (Wildman–Crippen MR) is 59.6 cm³/mol. The first-order valence-electron chi connectivity index (χ1n) is 5.12. The maximum Gasteiger partial charge on any atom is 0.0965 e. The van der Waals surface area contributed by atoms with Crippen LogP contribution in [0, 0.1) is 0 Å². The zero-order chi connectivity index (χ0) is 9.31. The van der Waals surface area contributed by atoms with Crippen molar-refractivity contribution >= 4 is 17.6 Å². The van der Waals surface area contributed by atoms with Crippen LogP contribution in [0.2, 0.25) is 0 Å². The molecule has 1 N–H and O–H groups in total. The van der Waals surface area contributed by atoms with Crippen molar-refractivity contribution < 1.29 is 0 Å². The third-order valence-electron chi connectivity index (χ3n) is 2.93. The highest BCUT2D eigenvalue weighted by atomic mass is 32.2. The lowest BCUT2D eigenvalue weighted by atomic mass is 10.0. The number of nitrogens with zero attached hydrogens (tertiary/aromatic N) is 1. The van der Waals surface area contributed by atoms with Gasteiger partial charge in [0.05, 0.1) is 11.9 Å². The lowest BCUT2D eigenvalue weighted by Crippen LogP contribution is -2.56. The first-order chi connectivity index (χ1) is 6.18. The fraction of sp³-hybridized carbons (Fsp3) is 0.900. The van der Waals surface area contributed by atoms with Gasteiger partial charge in [-0.25, -0.2) is 0 Å². The highest BCUT2D eigenvalue weighted by Gasteiger charge is 2.39. The lowest BCUT2D eigenvalue weighted by Gasteiger charge is -2.44. The van der Waals surface area contributed by atoms with Crippen molar-refractivity contribution in [2.75, 3.05) is 12.3 Å². The number of thioether (sulfide) groups is 1. The summed E-state index contributed by atoms with van der Waals surface area (Å²) in [6.07, 6.45) is 3.75. The van der Waals surface area contributed by atoms with E-state index >= 15 is 0 Å². The number of hydrogen-bond acceptors (Lipinski definition) is 3. The van der Waals surface area contributed by atoms with Crippen LogP contribution in [0.5, 0.6) is 0 Å². The molecule has 2 rings (SSSR count). The number of hydrogen-bond donors (Lipinski definition) is 1. The molecule has 2 aliphatic heterocycles. The Bertz CT molecular complexity index is 223. The standard InChI is InChI=1S/C10H18N2S/c1-10(2)8(7-13-10)12-9-5-3-4-6-11-9/h8H,3-7H2,1-2H3,(H,11,12). The smallest absolute Gasteiger partial charge is 0.0965 e. The maximum absolute atomic E-state index is 4.51. The van der Waals surface area contributed by atoms with Gasteiger partial charge in [0.1, 0.15) is 0 Å². The molecule has 3 heteroatoms. The fourth-order valence-electron chi connectivity index (χ4n) is 1.73. The predicted octanol–water partition coefficient (Wildman–Crippen LogP) is 2.05. The average Bonchev–Trinajstić information content (AvgIpc) is 2.15. The van der Waals surface area contributed by atoms with E-state index < -0.39 is 0 Å². The number of aliphatic imine (C=N–C) groups is 1. The van der Waals surface area contributed by atoms with E-state index in [0.717, 1.165) is 13.0 Å². The van der Waals surface area contributed by atoms with E-state index in [2.05, 4.69) is 24.2 Å². The molecule has 1 atom stereocenters. The van der Waals surface area contributed by atoms with E-state index in [4.69, 9.17) is 0 Å². The second-order valence-electron chi connectivity index (χ2n) is 4.40. The second-order valence-corrected chi connectivity index (χ2v) is 6.07. The van der Waals surface area contributed by atoms with Crippen molar-refractivity contribution in [3.05, 3.63) is 0 Å². The molecule has 0 amide bonds. The molecule has 13 heavy (non-hydrogen) atoms. The van der Waals surface area contributed by atoms with Gasteiger partial charge in [-0.05, 0) is 26.7 Å². The SMILES string of the molecule is CC1(C)SCC1NC1=NCCCC1. The molecule has 74 valence electrons. The van der Waals surface area contributed by atoms with Crippen LogP contribution in [0.3, 0.4) is 0 Å². The molecule has 2 aliphatic rings. The summed E-state index contributed by atoms with van der Waals surface area (Å²) >= 11 is 2.04. The third kappa shape index (κ3) is 2.01. The van der Waals surface area contributed by atoms with Gasteiger partial charge in [-0.2, -0.15) is 11.8 Å². The molecule has 1 saturated heterocycles. The molecule has 1 fully saturated rings. The summed E-state index contributed by atoms with van der Waals surface area (Å²) in [4.78, 5) is 4.51. The summed E-state index contributed by atoms with van der Waals surface area (Å²) in [6.45, 7) is 5.65. The monoisotopic (exact) mass is 198 g/mol. The van der Waals surface area contributed by atoms with Crippen LogP contribution in [-0.4, -0.2) is 28.9 Å². The van der Waals surface area contributed by atoms with Crippen LogP contribution in [-0.2, 0) is 0 Å². The van der Waals surface area contributed by atoms with E-state index in [1.807, 2.05) is 11.8 Å². The summed E-state index contributed by atoms with van der Waals surface area (Å²) < 4.78 is 0.417. The molecule has 0 aromatic carbocycles. The zero-order valence-corrected chi connectivity index (χ0v) is 9.28. The van der Waals surface area contributed by atoms with Gasteiger partial charge in [0.15, 0.2) is 0 Å². The number of rotatable bonds is 1. The molecule has 0 saturated carbocycles. The zero-order valence-electron chi connectivity index (χ0n) is 8.47. The van der Waals surface area contributed by atoms with Crippen LogP contribution in [0.15, 0.2) is 4.99 Å². The van der Waals surface area contributed by atoms with Gasteiger partial charge >= 0.3 is 0 Å². The first-order valence-corrected chi connectivity index (χ1v) is 6.11. The van der Waals surface area contributed by atoms with Crippen LogP contribution in [0.1, 0.15) is 33.1 Å². The molecule has 0 bridgehead atoms. The van der Waals surface area contributed by atoms with Gasteiger partial charge < -0.3 is 5.32 Å². The van der Waals surface area contributed by atoms with Crippen LogP contribution >= 0.6 is 11.8 Å². The molecule has 0 aliphatic carbocycles. The van der Waals surface area contributed by atoms with Gasteiger partial charge in [-0.15, -0.1) is 0 Å². The largest absolute Gasteiger partial charge is 0.369 e. The molecule has 0 spiro atoms. The summed E-state index contributed by atoms with van der Waals surface area (Å²) in [6, 6.07) is 0.648. The molecule has 1 unspecified atom stereocenters. The molecular formula is C10H18N2S. The van der Waals surface area contributed by atoms with Gasteiger partial charge in [0, 0.05) is 23.5 Å². The molecule has 2 heterocycles. The van der Waals surface area contributed by atoms with E-state index in [9.17, 15) is 0 Å². The van der Waals surface area contributed by atoms with Gasteiger partial charge in [0.25, 0.3) is 0 Å².